The van der Waals surface area contributed by atoms with E-state index in [1.54, 1.807) is 0 Å². The molecule has 10 nitrogen and oxygen atoms in total. The van der Waals surface area contributed by atoms with E-state index in [-0.39, 0.29) is 12.4 Å². The summed E-state index contributed by atoms with van der Waals surface area (Å²) >= 11 is 17.2. The lowest BCUT2D eigenvalue weighted by molar-refractivity contribution is -0.288. The van der Waals surface area contributed by atoms with Crippen LogP contribution in [0.1, 0.15) is 27.7 Å². The summed E-state index contributed by atoms with van der Waals surface area (Å²) in [5.74, 6) is -2.60. The number of hydrogen-bond acceptors (Lipinski definition) is 10. The number of ether oxygens (including phenoxy) is 6. The molecule has 1 aromatic carbocycles. The molecule has 1 aromatic rings. The van der Waals surface area contributed by atoms with Gasteiger partial charge in [0, 0.05) is 32.2 Å². The van der Waals surface area contributed by atoms with Gasteiger partial charge in [-0.1, -0.05) is 0 Å². The molecule has 0 bridgehead atoms. The SMILES string of the molecule is CC(=O)OCC1OC(Oc2c(Br)c(Br)c(Br)c(Br)c2Br)C(OC(C)=O)C(OC(C)=O)C1OC(C)=O. The van der Waals surface area contributed by atoms with Gasteiger partial charge in [-0.25, -0.2) is 0 Å². The molecule has 0 N–H and O–H groups in total. The van der Waals surface area contributed by atoms with E-state index in [1.165, 1.54) is 6.92 Å². The number of carbonyl (C=O) groups excluding carboxylic acids is 4. The van der Waals surface area contributed by atoms with Crippen LogP contribution in [-0.2, 0) is 42.9 Å². The summed E-state index contributed by atoms with van der Waals surface area (Å²) in [6, 6.07) is 0. The summed E-state index contributed by atoms with van der Waals surface area (Å²) in [5, 5.41) is 0. The zero-order valence-corrected chi connectivity index (χ0v) is 26.5. The fourth-order valence-corrected chi connectivity index (χ4v) is 6.29. The van der Waals surface area contributed by atoms with Crippen LogP contribution in [0.3, 0.4) is 0 Å². The van der Waals surface area contributed by atoms with Crippen LogP contribution < -0.4 is 4.74 Å². The van der Waals surface area contributed by atoms with Crippen molar-refractivity contribution in [3.8, 4) is 5.75 Å². The zero-order valence-electron chi connectivity index (χ0n) is 18.6. The zero-order chi connectivity index (χ0) is 26.6. The Balaban J connectivity index is 2.60. The molecule has 0 spiro atoms. The fourth-order valence-electron chi connectivity index (χ4n) is 3.09. The number of hydrogen-bond donors (Lipinski definition) is 0. The van der Waals surface area contributed by atoms with Gasteiger partial charge in [0.05, 0.1) is 17.9 Å². The third kappa shape index (κ3) is 7.87. The summed E-state index contributed by atoms with van der Waals surface area (Å²) in [5.41, 5.74) is 0. The lowest BCUT2D eigenvalue weighted by atomic mass is 9.98. The van der Waals surface area contributed by atoms with Gasteiger partial charge < -0.3 is 28.4 Å². The third-order valence-electron chi connectivity index (χ3n) is 4.35. The molecule has 35 heavy (non-hydrogen) atoms. The Morgan fingerprint density at radius 2 is 1.09 bits per heavy atom. The highest BCUT2D eigenvalue weighted by molar-refractivity contribution is 9.15. The monoisotopic (exact) mass is 814 g/mol. The van der Waals surface area contributed by atoms with Crippen molar-refractivity contribution in [2.45, 2.75) is 58.4 Å². The van der Waals surface area contributed by atoms with Crippen molar-refractivity contribution in [2.24, 2.45) is 0 Å². The largest absolute Gasteiger partial charge is 0.463 e. The topological polar surface area (TPSA) is 124 Å². The van der Waals surface area contributed by atoms with Crippen LogP contribution in [-0.4, -0.2) is 61.2 Å². The normalized spacial score (nSPS) is 23.7. The van der Waals surface area contributed by atoms with Crippen LogP contribution in [0.2, 0.25) is 0 Å². The minimum Gasteiger partial charge on any atom is -0.463 e. The molecule has 2 rings (SSSR count). The summed E-state index contributed by atoms with van der Waals surface area (Å²) in [6.45, 7) is 4.24. The van der Waals surface area contributed by atoms with Crippen LogP contribution in [0.4, 0.5) is 0 Å². The molecule has 1 saturated heterocycles. The van der Waals surface area contributed by atoms with E-state index in [4.69, 9.17) is 28.4 Å². The molecule has 1 fully saturated rings. The summed E-state index contributed by atoms with van der Waals surface area (Å²) in [7, 11) is 0. The minimum atomic E-state index is -1.39. The molecule has 1 aliphatic rings. The van der Waals surface area contributed by atoms with Crippen LogP contribution in [0, 0.1) is 0 Å². The number of benzene rings is 1. The maximum Gasteiger partial charge on any atom is 0.303 e. The van der Waals surface area contributed by atoms with Gasteiger partial charge in [-0.05, 0) is 79.6 Å². The van der Waals surface area contributed by atoms with Gasteiger partial charge in [-0.15, -0.1) is 0 Å². The highest BCUT2D eigenvalue weighted by Crippen LogP contribution is 2.49. The lowest BCUT2D eigenvalue weighted by Crippen LogP contribution is -2.63. The van der Waals surface area contributed by atoms with Gasteiger partial charge in [0.15, 0.2) is 18.0 Å². The quantitative estimate of drug-likeness (QED) is 0.162. The molecule has 1 heterocycles. The molecule has 0 amide bonds. The van der Waals surface area contributed by atoms with Crippen molar-refractivity contribution in [1.29, 1.82) is 0 Å². The maximum atomic E-state index is 12.0. The second-order valence-corrected chi connectivity index (χ2v) is 11.0. The Bertz CT molecular complexity index is 987. The van der Waals surface area contributed by atoms with E-state index in [1.807, 2.05) is 0 Å². The van der Waals surface area contributed by atoms with Crippen LogP contribution in [0.25, 0.3) is 0 Å². The number of rotatable bonds is 7. The highest BCUT2D eigenvalue weighted by atomic mass is 79.9. The first-order valence-corrected chi connectivity index (χ1v) is 13.7. The molecule has 194 valence electrons. The van der Waals surface area contributed by atoms with Gasteiger partial charge in [0.2, 0.25) is 12.4 Å². The van der Waals surface area contributed by atoms with Gasteiger partial charge >= 0.3 is 23.9 Å². The standard InChI is InChI=1S/C20H19Br5O10/c1-6(26)30-5-10-16(31-7(2)27)18(32-8(3)28)19(33-9(4)29)20(34-10)35-17-14(24)12(22)11(21)13(23)15(17)25/h10,16,18-20H,5H2,1-4H3. The number of halogens is 5. The highest BCUT2D eigenvalue weighted by Gasteiger charge is 2.53. The van der Waals surface area contributed by atoms with Crippen molar-refractivity contribution >= 4 is 104 Å². The Morgan fingerprint density at radius 3 is 1.54 bits per heavy atom. The lowest BCUT2D eigenvalue weighted by Gasteiger charge is -2.44. The van der Waals surface area contributed by atoms with E-state index in [0.29, 0.717) is 22.4 Å². The van der Waals surface area contributed by atoms with E-state index in [2.05, 4.69) is 79.6 Å². The van der Waals surface area contributed by atoms with Gasteiger partial charge in [0.25, 0.3) is 0 Å². The molecule has 15 heteroatoms. The molecule has 5 atom stereocenters. The smallest absolute Gasteiger partial charge is 0.303 e. The average molecular weight is 819 g/mol. The van der Waals surface area contributed by atoms with Crippen molar-refractivity contribution in [2.75, 3.05) is 6.61 Å². The van der Waals surface area contributed by atoms with E-state index in [9.17, 15) is 19.2 Å². The predicted octanol–water partition coefficient (Wildman–Crippen LogP) is 4.96. The molecule has 5 unspecified atom stereocenters. The maximum absolute atomic E-state index is 12.0. The first-order chi connectivity index (χ1) is 16.2. The Hall–Kier alpha value is -0.740. The fraction of sp³-hybridized carbons (Fsp3) is 0.500. The number of esters is 4. The average Bonchev–Trinajstić information content (AvgIpc) is 2.75. The Morgan fingerprint density at radius 1 is 0.657 bits per heavy atom. The van der Waals surface area contributed by atoms with Gasteiger partial charge in [-0.2, -0.15) is 0 Å². The number of carbonyl (C=O) groups is 4. The first kappa shape index (κ1) is 30.5. The van der Waals surface area contributed by atoms with E-state index < -0.39 is 54.6 Å². The molecule has 0 radical (unpaired) electrons. The molecular weight excluding hydrogens is 800 g/mol. The second kappa shape index (κ2) is 13.2. The first-order valence-electron chi connectivity index (χ1n) is 9.73. The summed E-state index contributed by atoms with van der Waals surface area (Å²) < 4.78 is 36.1. The summed E-state index contributed by atoms with van der Waals surface area (Å²) in [4.78, 5) is 47.2. The molecular formula is C20H19Br5O10. The Labute approximate surface area is 242 Å². The van der Waals surface area contributed by atoms with Gasteiger partial charge in [-0.3, -0.25) is 19.2 Å². The van der Waals surface area contributed by atoms with Crippen molar-refractivity contribution < 1.29 is 47.6 Å². The van der Waals surface area contributed by atoms with Crippen LogP contribution >= 0.6 is 79.6 Å². The minimum absolute atomic E-state index is 0.229. The van der Waals surface area contributed by atoms with E-state index >= 15 is 0 Å². The molecule has 0 saturated carbocycles. The summed E-state index contributed by atoms with van der Waals surface area (Å²) in [6.07, 6.45) is -6.52. The van der Waals surface area contributed by atoms with Crippen LogP contribution in [0.5, 0.6) is 5.75 Å². The predicted molar refractivity (Wildman–Crippen MR) is 138 cm³/mol. The van der Waals surface area contributed by atoms with Crippen molar-refractivity contribution in [3.63, 3.8) is 0 Å². The van der Waals surface area contributed by atoms with Crippen LogP contribution in [0.15, 0.2) is 22.4 Å². The van der Waals surface area contributed by atoms with E-state index in [0.717, 1.165) is 20.8 Å². The Kier molecular flexibility index (Phi) is 11.5. The third-order valence-corrected chi connectivity index (χ3v) is 10.4. The van der Waals surface area contributed by atoms with Crippen molar-refractivity contribution in [1.82, 2.24) is 0 Å². The molecule has 0 aromatic heterocycles. The second-order valence-electron chi connectivity index (χ2n) is 7.08. The molecule has 1 aliphatic heterocycles. The van der Waals surface area contributed by atoms with Crippen molar-refractivity contribution in [3.05, 3.63) is 22.4 Å². The van der Waals surface area contributed by atoms with Gasteiger partial charge in [0.1, 0.15) is 12.7 Å². The molecule has 0 aliphatic carbocycles.